The standard InChI is InChI=1S/C9H15BrN4O/c1-7(5-10)3-2-4-11-9(15)8-6-12-14-13-8/h6-7H,2-5H2,1H3,(H,11,15)(H,12,13,14). The maximum absolute atomic E-state index is 11.4. The van der Waals surface area contributed by atoms with Crippen LogP contribution in [0.2, 0.25) is 0 Å². The summed E-state index contributed by atoms with van der Waals surface area (Å²) < 4.78 is 0. The summed E-state index contributed by atoms with van der Waals surface area (Å²) in [4.78, 5) is 11.4. The Hall–Kier alpha value is -0.910. The zero-order valence-corrected chi connectivity index (χ0v) is 10.2. The van der Waals surface area contributed by atoms with E-state index in [1.807, 2.05) is 0 Å². The molecule has 0 radical (unpaired) electrons. The maximum Gasteiger partial charge on any atom is 0.273 e. The summed E-state index contributed by atoms with van der Waals surface area (Å²) in [5.74, 6) is 0.476. The fourth-order valence-electron chi connectivity index (χ4n) is 1.13. The van der Waals surface area contributed by atoms with Gasteiger partial charge in [-0.15, -0.1) is 0 Å². The molecule has 1 heterocycles. The highest BCUT2D eigenvalue weighted by Gasteiger charge is 2.07. The number of halogens is 1. The van der Waals surface area contributed by atoms with E-state index < -0.39 is 0 Å². The summed E-state index contributed by atoms with van der Waals surface area (Å²) in [5.41, 5.74) is 0.337. The number of amides is 1. The minimum atomic E-state index is -0.171. The number of rotatable bonds is 6. The average Bonchev–Trinajstić information content (AvgIpc) is 2.77. The minimum Gasteiger partial charge on any atom is -0.351 e. The number of nitrogens with zero attached hydrogens (tertiary/aromatic N) is 2. The molecule has 0 aliphatic rings. The van der Waals surface area contributed by atoms with Crippen molar-refractivity contribution in [3.05, 3.63) is 11.9 Å². The second-order valence-electron chi connectivity index (χ2n) is 3.51. The molecule has 1 atom stereocenters. The highest BCUT2D eigenvalue weighted by molar-refractivity contribution is 9.09. The fraction of sp³-hybridized carbons (Fsp3) is 0.667. The van der Waals surface area contributed by atoms with Gasteiger partial charge < -0.3 is 5.32 Å². The normalized spacial score (nSPS) is 12.4. The van der Waals surface area contributed by atoms with E-state index in [-0.39, 0.29) is 5.91 Å². The van der Waals surface area contributed by atoms with Gasteiger partial charge in [-0.1, -0.05) is 22.9 Å². The number of alkyl halides is 1. The number of H-pyrrole nitrogens is 1. The minimum absolute atomic E-state index is 0.171. The lowest BCUT2D eigenvalue weighted by Gasteiger charge is -2.07. The second-order valence-corrected chi connectivity index (χ2v) is 4.16. The van der Waals surface area contributed by atoms with Crippen LogP contribution in [0.3, 0.4) is 0 Å². The Morgan fingerprint density at radius 1 is 1.73 bits per heavy atom. The van der Waals surface area contributed by atoms with Gasteiger partial charge in [-0.3, -0.25) is 4.79 Å². The monoisotopic (exact) mass is 274 g/mol. The van der Waals surface area contributed by atoms with Gasteiger partial charge in [-0.25, -0.2) is 0 Å². The van der Waals surface area contributed by atoms with Crippen LogP contribution >= 0.6 is 15.9 Å². The Morgan fingerprint density at radius 3 is 3.13 bits per heavy atom. The van der Waals surface area contributed by atoms with Crippen LogP contribution in [-0.2, 0) is 0 Å². The van der Waals surface area contributed by atoms with Crippen molar-refractivity contribution >= 4 is 21.8 Å². The Kier molecular flexibility index (Phi) is 5.31. The second kappa shape index (κ2) is 6.55. The van der Waals surface area contributed by atoms with Crippen LogP contribution in [-0.4, -0.2) is 33.2 Å². The molecule has 0 spiro atoms. The van der Waals surface area contributed by atoms with Crippen LogP contribution in [0.1, 0.15) is 30.3 Å². The van der Waals surface area contributed by atoms with Gasteiger partial charge in [-0.05, 0) is 18.8 Å². The molecule has 15 heavy (non-hydrogen) atoms. The van der Waals surface area contributed by atoms with E-state index >= 15 is 0 Å². The van der Waals surface area contributed by atoms with E-state index in [0.29, 0.717) is 18.2 Å². The molecule has 1 amide bonds. The smallest absolute Gasteiger partial charge is 0.273 e. The van der Waals surface area contributed by atoms with Crippen LogP contribution in [0.5, 0.6) is 0 Å². The van der Waals surface area contributed by atoms with Gasteiger partial charge in [0.25, 0.3) is 5.91 Å². The third-order valence-electron chi connectivity index (χ3n) is 2.07. The number of aromatic nitrogens is 3. The summed E-state index contributed by atoms with van der Waals surface area (Å²) in [6.07, 6.45) is 3.50. The van der Waals surface area contributed by atoms with Gasteiger partial charge in [0.05, 0.1) is 6.20 Å². The van der Waals surface area contributed by atoms with Crippen molar-refractivity contribution in [1.82, 2.24) is 20.7 Å². The molecule has 0 aromatic carbocycles. The summed E-state index contributed by atoms with van der Waals surface area (Å²) >= 11 is 3.42. The zero-order chi connectivity index (χ0) is 11.1. The van der Waals surface area contributed by atoms with Crippen LogP contribution in [0.4, 0.5) is 0 Å². The van der Waals surface area contributed by atoms with Crippen molar-refractivity contribution < 1.29 is 4.79 Å². The van der Waals surface area contributed by atoms with E-state index in [9.17, 15) is 4.79 Å². The van der Waals surface area contributed by atoms with Crippen molar-refractivity contribution in [3.63, 3.8) is 0 Å². The Labute approximate surface area is 97.2 Å². The first kappa shape index (κ1) is 12.2. The lowest BCUT2D eigenvalue weighted by molar-refractivity contribution is 0.0947. The molecule has 0 fully saturated rings. The van der Waals surface area contributed by atoms with Gasteiger partial charge in [0.1, 0.15) is 0 Å². The van der Waals surface area contributed by atoms with Crippen molar-refractivity contribution in [2.24, 2.45) is 5.92 Å². The zero-order valence-electron chi connectivity index (χ0n) is 8.66. The first-order chi connectivity index (χ1) is 7.24. The van der Waals surface area contributed by atoms with Crippen molar-refractivity contribution in [3.8, 4) is 0 Å². The predicted molar refractivity (Wildman–Crippen MR) is 60.9 cm³/mol. The lowest BCUT2D eigenvalue weighted by atomic mass is 10.1. The van der Waals surface area contributed by atoms with Gasteiger partial charge in [0, 0.05) is 11.9 Å². The Balaban J connectivity index is 2.13. The lowest BCUT2D eigenvalue weighted by Crippen LogP contribution is -2.25. The molecule has 1 unspecified atom stereocenters. The third-order valence-corrected chi connectivity index (χ3v) is 3.18. The highest BCUT2D eigenvalue weighted by Crippen LogP contribution is 2.07. The molecule has 0 bridgehead atoms. The van der Waals surface area contributed by atoms with E-state index in [1.54, 1.807) is 0 Å². The van der Waals surface area contributed by atoms with Crippen molar-refractivity contribution in [1.29, 1.82) is 0 Å². The quantitative estimate of drug-likeness (QED) is 0.608. The SMILES string of the molecule is CC(CBr)CCCNC(=O)c1cn[nH]n1. The highest BCUT2D eigenvalue weighted by atomic mass is 79.9. The number of carbonyl (C=O) groups excluding carboxylic acids is 1. The molecule has 84 valence electrons. The molecule has 6 heteroatoms. The predicted octanol–water partition coefficient (Wildman–Crippen LogP) is 1.35. The molecule has 0 aliphatic heterocycles. The first-order valence-corrected chi connectivity index (χ1v) is 6.06. The first-order valence-electron chi connectivity index (χ1n) is 4.94. The topological polar surface area (TPSA) is 70.7 Å². The molecule has 1 aromatic rings. The molecule has 1 rings (SSSR count). The molecular formula is C9H15BrN4O. The van der Waals surface area contributed by atoms with E-state index in [1.165, 1.54) is 6.20 Å². The van der Waals surface area contributed by atoms with Gasteiger partial charge in [-0.2, -0.15) is 15.4 Å². The molecule has 0 aliphatic carbocycles. The summed E-state index contributed by atoms with van der Waals surface area (Å²) in [7, 11) is 0. The van der Waals surface area contributed by atoms with Gasteiger partial charge in [0.15, 0.2) is 5.69 Å². The number of carbonyl (C=O) groups is 1. The summed E-state index contributed by atoms with van der Waals surface area (Å²) in [6.45, 7) is 2.86. The van der Waals surface area contributed by atoms with Crippen molar-refractivity contribution in [2.45, 2.75) is 19.8 Å². The van der Waals surface area contributed by atoms with Crippen LogP contribution in [0.25, 0.3) is 0 Å². The largest absolute Gasteiger partial charge is 0.351 e. The number of aromatic amines is 1. The number of nitrogens with one attached hydrogen (secondary N) is 2. The molecule has 5 nitrogen and oxygen atoms in total. The fourth-order valence-corrected chi connectivity index (χ4v) is 1.45. The van der Waals surface area contributed by atoms with Crippen LogP contribution < -0.4 is 5.32 Å². The number of hydrogen-bond donors (Lipinski definition) is 2. The molecule has 0 saturated carbocycles. The summed E-state index contributed by atoms with van der Waals surface area (Å²) in [5, 5.41) is 13.5. The molecule has 2 N–H and O–H groups in total. The Morgan fingerprint density at radius 2 is 2.53 bits per heavy atom. The molecular weight excluding hydrogens is 260 g/mol. The number of hydrogen-bond acceptors (Lipinski definition) is 3. The van der Waals surface area contributed by atoms with Crippen LogP contribution in [0, 0.1) is 5.92 Å². The average molecular weight is 275 g/mol. The van der Waals surface area contributed by atoms with E-state index in [4.69, 9.17) is 0 Å². The van der Waals surface area contributed by atoms with Gasteiger partial charge >= 0.3 is 0 Å². The third kappa shape index (κ3) is 4.42. The van der Waals surface area contributed by atoms with Crippen LogP contribution in [0.15, 0.2) is 6.20 Å². The summed E-state index contributed by atoms with van der Waals surface area (Å²) in [6, 6.07) is 0. The van der Waals surface area contributed by atoms with E-state index in [2.05, 4.69) is 43.6 Å². The van der Waals surface area contributed by atoms with Crippen molar-refractivity contribution in [2.75, 3.05) is 11.9 Å². The molecule has 0 saturated heterocycles. The van der Waals surface area contributed by atoms with E-state index in [0.717, 1.165) is 18.2 Å². The molecule has 1 aromatic heterocycles. The maximum atomic E-state index is 11.4. The Bertz CT molecular complexity index is 288. The van der Waals surface area contributed by atoms with Gasteiger partial charge in [0.2, 0.25) is 0 Å².